The average molecular weight is 189 g/mol. The summed E-state index contributed by atoms with van der Waals surface area (Å²) in [4.78, 5) is 14.1. The van der Waals surface area contributed by atoms with Gasteiger partial charge in [0.25, 0.3) is 0 Å². The van der Waals surface area contributed by atoms with E-state index in [4.69, 9.17) is 0 Å². The van der Waals surface area contributed by atoms with Gasteiger partial charge in [-0.2, -0.15) is 0 Å². The van der Waals surface area contributed by atoms with Crippen LogP contribution in [0.2, 0.25) is 0 Å². The molecule has 4 heteroatoms. The van der Waals surface area contributed by atoms with Crippen LogP contribution in [0, 0.1) is 6.92 Å². The minimum Gasteiger partial charge on any atom is -0.550 e. The van der Waals surface area contributed by atoms with Gasteiger partial charge in [-0.25, -0.2) is 0 Å². The maximum absolute atomic E-state index is 10.1. The molecule has 12 heavy (non-hydrogen) atoms. The molecule has 0 N–H and O–H groups in total. The third-order valence-corrected chi connectivity index (χ3v) is 1.27. The summed E-state index contributed by atoms with van der Waals surface area (Å²) >= 11 is 0. The number of pyridine rings is 1. The molecule has 1 aromatic heterocycles. The number of rotatable bonds is 2. The van der Waals surface area contributed by atoms with Gasteiger partial charge < -0.3 is 9.90 Å². The fourth-order valence-electron chi connectivity index (χ4n) is 0.846. The smallest absolute Gasteiger partial charge is 0.550 e. The van der Waals surface area contributed by atoms with Crippen molar-refractivity contribution in [2.45, 2.75) is 13.3 Å². The molecule has 3 nitrogen and oxygen atoms in total. The average Bonchev–Trinajstić information content (AvgIpc) is 1.85. The molecule has 0 atom stereocenters. The first-order valence-corrected chi connectivity index (χ1v) is 3.31. The summed E-state index contributed by atoms with van der Waals surface area (Å²) < 4.78 is 0. The van der Waals surface area contributed by atoms with Crippen molar-refractivity contribution >= 4 is 5.97 Å². The predicted molar refractivity (Wildman–Crippen MR) is 37.7 cm³/mol. The summed E-state index contributed by atoms with van der Waals surface area (Å²) in [5.41, 5.74) is 1.37. The second-order valence-electron chi connectivity index (χ2n) is 2.32. The number of carbonyl (C=O) groups excluding carboxylic acids is 1. The quantitative estimate of drug-likeness (QED) is 0.458. The summed E-state index contributed by atoms with van der Waals surface area (Å²) in [7, 11) is 0. The largest absolute Gasteiger partial charge is 1.00 e. The summed E-state index contributed by atoms with van der Waals surface area (Å²) in [6.07, 6.45) is -0.109. The van der Waals surface area contributed by atoms with Crippen LogP contribution in [0.1, 0.15) is 11.4 Å². The molecule has 0 bridgehead atoms. The second kappa shape index (κ2) is 5.83. The van der Waals surface area contributed by atoms with E-state index in [1.165, 1.54) is 0 Å². The standard InChI is InChI=1S/C8H9NO2.K/c1-6-3-2-4-7(9-6)5-8(10)11;/h2-4H,5H2,1H3,(H,10,11);/q;+1/p-1. The van der Waals surface area contributed by atoms with E-state index >= 15 is 0 Å². The maximum Gasteiger partial charge on any atom is 1.00 e. The van der Waals surface area contributed by atoms with Crippen LogP contribution in [0.3, 0.4) is 0 Å². The Bertz CT molecular complexity index is 276. The Morgan fingerprint density at radius 1 is 1.58 bits per heavy atom. The molecular formula is C8H8KNO2. The van der Waals surface area contributed by atoms with E-state index in [0.717, 1.165) is 5.69 Å². The number of carbonyl (C=O) groups is 1. The number of hydrogen-bond acceptors (Lipinski definition) is 3. The van der Waals surface area contributed by atoms with E-state index in [9.17, 15) is 9.90 Å². The van der Waals surface area contributed by atoms with Crippen LogP contribution in [-0.2, 0) is 11.2 Å². The van der Waals surface area contributed by atoms with Crippen LogP contribution >= 0.6 is 0 Å². The fourth-order valence-corrected chi connectivity index (χ4v) is 0.846. The van der Waals surface area contributed by atoms with Gasteiger partial charge in [-0.1, -0.05) is 6.07 Å². The molecule has 0 fully saturated rings. The molecule has 0 aliphatic rings. The second-order valence-corrected chi connectivity index (χ2v) is 2.32. The number of carboxylic acid groups (broad SMARTS) is 1. The van der Waals surface area contributed by atoms with E-state index in [2.05, 4.69) is 4.98 Å². The predicted octanol–water partition coefficient (Wildman–Crippen LogP) is -3.31. The van der Waals surface area contributed by atoms with E-state index in [-0.39, 0.29) is 57.8 Å². The van der Waals surface area contributed by atoms with Crippen LogP contribution in [0.15, 0.2) is 18.2 Å². The summed E-state index contributed by atoms with van der Waals surface area (Å²) in [5.74, 6) is -1.09. The van der Waals surface area contributed by atoms with Gasteiger partial charge in [-0.15, -0.1) is 0 Å². The van der Waals surface area contributed by atoms with Crippen LogP contribution in [0.4, 0.5) is 0 Å². The molecule has 0 saturated carbocycles. The Kier molecular flexibility index (Phi) is 5.95. The molecule has 1 rings (SSSR count). The number of aliphatic carboxylic acids is 1. The van der Waals surface area contributed by atoms with E-state index in [1.807, 2.05) is 13.0 Å². The zero-order valence-electron chi connectivity index (χ0n) is 7.20. The van der Waals surface area contributed by atoms with Gasteiger partial charge in [-0.3, -0.25) is 4.98 Å². The van der Waals surface area contributed by atoms with Gasteiger partial charge in [0.2, 0.25) is 0 Å². The summed E-state index contributed by atoms with van der Waals surface area (Å²) in [6.45, 7) is 1.82. The summed E-state index contributed by atoms with van der Waals surface area (Å²) in [5, 5.41) is 10.1. The van der Waals surface area contributed by atoms with Gasteiger partial charge in [-0.05, 0) is 19.1 Å². The van der Waals surface area contributed by atoms with Crippen molar-refractivity contribution < 1.29 is 61.3 Å². The van der Waals surface area contributed by atoms with Gasteiger partial charge >= 0.3 is 51.4 Å². The third kappa shape index (κ3) is 4.32. The molecule has 0 aliphatic carbocycles. The van der Waals surface area contributed by atoms with Crippen LogP contribution in [-0.4, -0.2) is 11.0 Å². The zero-order chi connectivity index (χ0) is 8.27. The van der Waals surface area contributed by atoms with Crippen LogP contribution < -0.4 is 56.5 Å². The molecule has 0 saturated heterocycles. The molecule has 0 unspecified atom stereocenters. The maximum atomic E-state index is 10.1. The van der Waals surface area contributed by atoms with Crippen molar-refractivity contribution in [3.63, 3.8) is 0 Å². The molecule has 58 valence electrons. The topological polar surface area (TPSA) is 53.0 Å². The third-order valence-electron chi connectivity index (χ3n) is 1.27. The first kappa shape index (κ1) is 12.3. The van der Waals surface area contributed by atoms with Gasteiger partial charge in [0, 0.05) is 23.8 Å². The Balaban J connectivity index is 0.00000121. The first-order chi connectivity index (χ1) is 5.18. The Hall–Kier alpha value is 0.256. The monoisotopic (exact) mass is 189 g/mol. The zero-order valence-corrected chi connectivity index (χ0v) is 10.3. The van der Waals surface area contributed by atoms with Crippen LogP contribution in [0.5, 0.6) is 0 Å². The number of hydrogen-bond donors (Lipinski definition) is 0. The van der Waals surface area contributed by atoms with E-state index in [0.29, 0.717) is 5.69 Å². The van der Waals surface area contributed by atoms with E-state index < -0.39 is 5.97 Å². The van der Waals surface area contributed by atoms with Crippen molar-refractivity contribution in [1.82, 2.24) is 4.98 Å². The molecule has 0 radical (unpaired) electrons. The molecule has 0 aliphatic heterocycles. The SMILES string of the molecule is Cc1cccc(CC(=O)[O-])n1.[K+]. The Morgan fingerprint density at radius 3 is 2.75 bits per heavy atom. The molecule has 1 heterocycles. The van der Waals surface area contributed by atoms with Crippen molar-refractivity contribution in [3.05, 3.63) is 29.6 Å². The summed E-state index contributed by atoms with van der Waals surface area (Å²) in [6, 6.07) is 5.27. The van der Waals surface area contributed by atoms with Crippen molar-refractivity contribution in [3.8, 4) is 0 Å². The van der Waals surface area contributed by atoms with Crippen molar-refractivity contribution in [2.75, 3.05) is 0 Å². The Labute approximate surface area is 114 Å². The first-order valence-electron chi connectivity index (χ1n) is 3.31. The van der Waals surface area contributed by atoms with Gasteiger partial charge in [0.05, 0.1) is 0 Å². The van der Waals surface area contributed by atoms with Crippen molar-refractivity contribution in [2.24, 2.45) is 0 Å². The number of aromatic nitrogens is 1. The minimum absolute atomic E-state index is 0. The number of carboxylic acids is 1. The molecule has 1 aromatic rings. The van der Waals surface area contributed by atoms with E-state index in [1.54, 1.807) is 12.1 Å². The molecule has 0 aromatic carbocycles. The minimum atomic E-state index is -1.09. The van der Waals surface area contributed by atoms with Gasteiger partial charge in [0.15, 0.2) is 0 Å². The number of nitrogens with zero attached hydrogens (tertiary/aromatic N) is 1. The Morgan fingerprint density at radius 2 is 2.25 bits per heavy atom. The molecular weight excluding hydrogens is 181 g/mol. The van der Waals surface area contributed by atoms with Crippen LogP contribution in [0.25, 0.3) is 0 Å². The molecule has 0 spiro atoms. The molecule has 0 amide bonds. The van der Waals surface area contributed by atoms with Gasteiger partial charge in [0.1, 0.15) is 0 Å². The normalized spacial score (nSPS) is 8.75. The van der Waals surface area contributed by atoms with Crippen molar-refractivity contribution in [1.29, 1.82) is 0 Å². The fraction of sp³-hybridized carbons (Fsp3) is 0.250. The number of aryl methyl sites for hydroxylation is 1.